The van der Waals surface area contributed by atoms with Crippen molar-refractivity contribution >= 4 is 39.2 Å². The summed E-state index contributed by atoms with van der Waals surface area (Å²) in [7, 11) is -0.663. The van der Waals surface area contributed by atoms with Gasteiger partial charge in [-0.1, -0.05) is 29.8 Å². The highest BCUT2D eigenvalue weighted by Crippen LogP contribution is 2.46. The van der Waals surface area contributed by atoms with Gasteiger partial charge in [0.2, 0.25) is 15.9 Å². The third-order valence-electron chi connectivity index (χ3n) is 10.6. The number of hydrogen-bond donors (Lipinski definition) is 1. The molecule has 1 saturated carbocycles. The molecule has 0 bridgehead atoms. The molecule has 1 aliphatic heterocycles. The molecule has 2 N–H and O–H groups in total. The van der Waals surface area contributed by atoms with Gasteiger partial charge in [-0.3, -0.25) is 4.79 Å². The van der Waals surface area contributed by atoms with Crippen LogP contribution < -0.4 is 19.5 Å². The standard InChI is InChI=1S/C38H46ClN3O7S/c1-47-32-13-7-26(8-14-32)21-41(36(43)6-4-18-50(40,45)46)22-29-9-10-30(29)23-42-24-38(17-3-5-27-19-31(39)12-15-33(27)38)25-49-35-16-11-28(20-34(35)42)37(44)48-2/h7-8,11-16,19-20,29-30H,3-6,9-10,17-18,21-25H2,1-2H3,(H2,40,45,46)/t29-,30-,38-/m0/s1. The average Bonchev–Trinajstić information content (AvgIpc) is 3.24. The highest BCUT2D eigenvalue weighted by Gasteiger charge is 2.43. The fraction of sp³-hybridized carbons (Fsp3) is 0.474. The summed E-state index contributed by atoms with van der Waals surface area (Å²) in [5.74, 6) is 1.25. The lowest BCUT2D eigenvalue weighted by Crippen LogP contribution is -2.50. The lowest BCUT2D eigenvalue weighted by atomic mass is 9.69. The van der Waals surface area contributed by atoms with Crippen molar-refractivity contribution in [2.45, 2.75) is 56.9 Å². The number of anilines is 1. The minimum absolute atomic E-state index is 0.0946. The van der Waals surface area contributed by atoms with Crippen LogP contribution in [0.5, 0.6) is 11.5 Å². The molecule has 0 unspecified atom stereocenters. The molecule has 50 heavy (non-hydrogen) atoms. The maximum absolute atomic E-state index is 13.6. The Morgan fingerprint density at radius 3 is 2.54 bits per heavy atom. The fourth-order valence-electron chi connectivity index (χ4n) is 7.83. The molecule has 1 spiro atoms. The van der Waals surface area contributed by atoms with Gasteiger partial charge in [0.1, 0.15) is 11.5 Å². The number of fused-ring (bicyclic) bond motifs is 3. The Labute approximate surface area is 299 Å². The molecule has 1 fully saturated rings. The van der Waals surface area contributed by atoms with Gasteiger partial charge >= 0.3 is 5.97 Å². The lowest BCUT2D eigenvalue weighted by molar-refractivity contribution is -0.133. The van der Waals surface area contributed by atoms with Crippen LogP contribution in [0.15, 0.2) is 60.7 Å². The van der Waals surface area contributed by atoms with E-state index in [1.54, 1.807) is 13.2 Å². The first kappa shape index (κ1) is 36.0. The Kier molecular flexibility index (Phi) is 11.0. The summed E-state index contributed by atoms with van der Waals surface area (Å²) in [5.41, 5.74) is 4.55. The smallest absolute Gasteiger partial charge is 0.337 e. The molecular weight excluding hydrogens is 678 g/mol. The zero-order chi connectivity index (χ0) is 35.5. The Bertz CT molecular complexity index is 1820. The topological polar surface area (TPSA) is 128 Å². The monoisotopic (exact) mass is 723 g/mol. The van der Waals surface area contributed by atoms with Crippen molar-refractivity contribution in [3.05, 3.63) is 87.9 Å². The van der Waals surface area contributed by atoms with Crippen LogP contribution in [0.3, 0.4) is 0 Å². The van der Waals surface area contributed by atoms with Gasteiger partial charge in [-0.05, 0) is 110 Å². The molecule has 268 valence electrons. The van der Waals surface area contributed by atoms with E-state index in [1.165, 1.54) is 18.2 Å². The van der Waals surface area contributed by atoms with E-state index >= 15 is 0 Å². The number of amides is 1. The molecule has 0 saturated heterocycles. The number of sulfonamides is 1. The minimum Gasteiger partial charge on any atom is -0.497 e. The molecular formula is C38H46ClN3O7S. The Morgan fingerprint density at radius 2 is 1.84 bits per heavy atom. The van der Waals surface area contributed by atoms with Gasteiger partial charge in [-0.25, -0.2) is 18.4 Å². The van der Waals surface area contributed by atoms with Crippen LogP contribution in [-0.4, -0.2) is 71.4 Å². The van der Waals surface area contributed by atoms with Gasteiger partial charge in [0.25, 0.3) is 0 Å². The number of carbonyl (C=O) groups excluding carboxylic acids is 2. The average molecular weight is 724 g/mol. The Hall–Kier alpha value is -3.80. The second kappa shape index (κ2) is 15.2. The van der Waals surface area contributed by atoms with Crippen molar-refractivity contribution < 1.29 is 32.2 Å². The van der Waals surface area contributed by atoms with Gasteiger partial charge in [-0.15, -0.1) is 0 Å². The van der Waals surface area contributed by atoms with Crippen molar-refractivity contribution in [3.63, 3.8) is 0 Å². The fourth-order valence-corrected chi connectivity index (χ4v) is 8.57. The number of aryl methyl sites for hydroxylation is 1. The molecule has 0 radical (unpaired) electrons. The van der Waals surface area contributed by atoms with E-state index < -0.39 is 16.0 Å². The van der Waals surface area contributed by atoms with Crippen molar-refractivity contribution in [1.29, 1.82) is 0 Å². The third-order valence-corrected chi connectivity index (χ3v) is 11.7. The van der Waals surface area contributed by atoms with Gasteiger partial charge in [0.15, 0.2) is 0 Å². The molecule has 2 aliphatic carbocycles. The Balaban J connectivity index is 1.26. The number of nitrogens with two attached hydrogens (primary N) is 1. The molecule has 1 amide bonds. The van der Waals surface area contributed by atoms with Crippen LogP contribution in [0.25, 0.3) is 0 Å². The molecule has 3 aliphatic rings. The summed E-state index contributed by atoms with van der Waals surface area (Å²) < 4.78 is 40.1. The third kappa shape index (κ3) is 8.22. The zero-order valence-electron chi connectivity index (χ0n) is 28.7. The van der Waals surface area contributed by atoms with Gasteiger partial charge in [0.05, 0.1) is 37.8 Å². The first-order chi connectivity index (χ1) is 24.0. The molecule has 10 nitrogen and oxygen atoms in total. The molecule has 3 aromatic rings. The van der Waals surface area contributed by atoms with Crippen LogP contribution >= 0.6 is 11.6 Å². The number of halogens is 1. The maximum atomic E-state index is 13.6. The first-order valence-electron chi connectivity index (χ1n) is 17.3. The minimum atomic E-state index is -3.66. The molecule has 0 aromatic heterocycles. The number of carbonyl (C=O) groups is 2. The molecule has 12 heteroatoms. The van der Waals surface area contributed by atoms with Crippen molar-refractivity contribution in [1.82, 2.24) is 4.90 Å². The number of benzene rings is 3. The molecule has 3 atom stereocenters. The Morgan fingerprint density at radius 1 is 1.06 bits per heavy atom. The summed E-state index contributed by atoms with van der Waals surface area (Å²) in [6, 6.07) is 19.3. The quantitative estimate of drug-likeness (QED) is 0.235. The van der Waals surface area contributed by atoms with Crippen LogP contribution in [0.1, 0.15) is 65.6 Å². The van der Waals surface area contributed by atoms with Gasteiger partial charge < -0.3 is 24.0 Å². The second-order valence-electron chi connectivity index (χ2n) is 14.0. The molecule has 1 heterocycles. The summed E-state index contributed by atoms with van der Waals surface area (Å²) >= 11 is 6.43. The summed E-state index contributed by atoms with van der Waals surface area (Å²) in [6.45, 7) is 2.92. The number of hydrogen-bond acceptors (Lipinski definition) is 8. The number of methoxy groups -OCH3 is 2. The number of esters is 1. The number of primary sulfonamides is 1. The first-order valence-corrected chi connectivity index (χ1v) is 19.4. The summed E-state index contributed by atoms with van der Waals surface area (Å²) in [6.07, 6.45) is 5.21. The van der Waals surface area contributed by atoms with Crippen molar-refractivity contribution in [2.24, 2.45) is 17.0 Å². The SMILES string of the molecule is COC(=O)c1ccc2c(c1)N(C[C@@H]1CC[C@H]1CN(Cc1ccc(OC)cc1)C(=O)CCCS(N)(=O)=O)C[C@@]1(CCCc3cc(Cl)ccc31)CO2. The molecule has 6 rings (SSSR count). The summed E-state index contributed by atoms with van der Waals surface area (Å²) in [5, 5.41) is 5.95. The zero-order valence-corrected chi connectivity index (χ0v) is 30.3. The highest BCUT2D eigenvalue weighted by molar-refractivity contribution is 7.89. The van der Waals surface area contributed by atoms with Gasteiger partial charge in [-0.2, -0.15) is 0 Å². The van der Waals surface area contributed by atoms with E-state index in [0.29, 0.717) is 31.8 Å². The number of rotatable bonds is 12. The van der Waals surface area contributed by atoms with Gasteiger partial charge in [0, 0.05) is 43.0 Å². The lowest BCUT2D eigenvalue weighted by Gasteiger charge is -2.45. The summed E-state index contributed by atoms with van der Waals surface area (Å²) in [4.78, 5) is 30.5. The second-order valence-corrected chi connectivity index (χ2v) is 16.1. The van der Waals surface area contributed by atoms with Crippen molar-refractivity contribution in [2.75, 3.05) is 51.1 Å². The normalized spacial score (nSPS) is 21.2. The highest BCUT2D eigenvalue weighted by atomic mass is 35.5. The van der Waals surface area contributed by atoms with E-state index in [1.807, 2.05) is 47.4 Å². The van der Waals surface area contributed by atoms with E-state index in [9.17, 15) is 18.0 Å². The van der Waals surface area contributed by atoms with E-state index in [0.717, 1.165) is 66.4 Å². The van der Waals surface area contributed by atoms with Crippen molar-refractivity contribution in [3.8, 4) is 11.5 Å². The van der Waals surface area contributed by atoms with Crippen LogP contribution in [0, 0.1) is 11.8 Å². The predicted molar refractivity (Wildman–Crippen MR) is 193 cm³/mol. The molecule has 3 aromatic carbocycles. The van der Waals surface area contributed by atoms with E-state index in [-0.39, 0.29) is 41.8 Å². The van der Waals surface area contributed by atoms with E-state index in [2.05, 4.69) is 17.0 Å². The largest absolute Gasteiger partial charge is 0.497 e. The van der Waals surface area contributed by atoms with Crippen LogP contribution in [-0.2, 0) is 37.9 Å². The predicted octanol–water partition coefficient (Wildman–Crippen LogP) is 5.73. The number of nitrogens with zero attached hydrogens (tertiary/aromatic N) is 2. The number of ether oxygens (including phenoxy) is 3. The van der Waals surface area contributed by atoms with E-state index in [4.69, 9.17) is 31.0 Å². The van der Waals surface area contributed by atoms with Crippen LogP contribution in [0.2, 0.25) is 5.02 Å². The maximum Gasteiger partial charge on any atom is 0.337 e. The van der Waals surface area contributed by atoms with Crippen LogP contribution in [0.4, 0.5) is 5.69 Å².